The Balaban J connectivity index is 0.00000264. The quantitative estimate of drug-likeness (QED) is 0.849. The van der Waals surface area contributed by atoms with E-state index in [0.717, 1.165) is 18.8 Å². The highest BCUT2D eigenvalue weighted by molar-refractivity contribution is 5.85. The highest BCUT2D eigenvalue weighted by Crippen LogP contribution is 2.09. The van der Waals surface area contributed by atoms with Crippen LogP contribution in [0, 0.1) is 0 Å². The molecule has 1 amide bonds. The Morgan fingerprint density at radius 3 is 2.48 bits per heavy atom. The zero-order valence-electron chi connectivity index (χ0n) is 13.4. The van der Waals surface area contributed by atoms with Crippen LogP contribution in [-0.2, 0) is 4.74 Å². The lowest BCUT2D eigenvalue weighted by Crippen LogP contribution is -2.51. The van der Waals surface area contributed by atoms with Gasteiger partial charge in [0.05, 0.1) is 6.61 Å². The smallest absolute Gasteiger partial charge is 0.409 e. The molecule has 1 aliphatic heterocycles. The molecule has 0 saturated carbocycles. The van der Waals surface area contributed by atoms with Gasteiger partial charge in [-0.05, 0) is 19.1 Å². The number of halogens is 1. The second kappa shape index (κ2) is 10.3. The van der Waals surface area contributed by atoms with Gasteiger partial charge in [-0.1, -0.05) is 18.2 Å². The van der Waals surface area contributed by atoms with Crippen molar-refractivity contribution in [3.05, 3.63) is 30.3 Å². The van der Waals surface area contributed by atoms with Crippen molar-refractivity contribution >= 4 is 18.5 Å². The van der Waals surface area contributed by atoms with E-state index in [4.69, 9.17) is 9.47 Å². The minimum atomic E-state index is -0.547. The van der Waals surface area contributed by atoms with Crippen molar-refractivity contribution in [2.75, 3.05) is 45.9 Å². The molecule has 2 rings (SSSR count). The molecule has 0 aliphatic carbocycles. The predicted molar refractivity (Wildman–Crippen MR) is 90.2 cm³/mol. The SMILES string of the molecule is CCOC(=O)N1CCN(CC(O)COc2ccccc2)CC1.Cl. The summed E-state index contributed by atoms with van der Waals surface area (Å²) in [5, 5.41) is 10.1. The van der Waals surface area contributed by atoms with Crippen LogP contribution in [0.5, 0.6) is 5.75 Å². The second-order valence-corrected chi connectivity index (χ2v) is 5.26. The van der Waals surface area contributed by atoms with E-state index < -0.39 is 6.10 Å². The van der Waals surface area contributed by atoms with Gasteiger partial charge in [0.2, 0.25) is 0 Å². The number of benzene rings is 1. The van der Waals surface area contributed by atoms with Gasteiger partial charge in [0.15, 0.2) is 0 Å². The van der Waals surface area contributed by atoms with Crippen LogP contribution >= 0.6 is 12.4 Å². The van der Waals surface area contributed by atoms with Crippen LogP contribution < -0.4 is 4.74 Å². The van der Waals surface area contributed by atoms with Crippen LogP contribution in [0.1, 0.15) is 6.92 Å². The zero-order valence-corrected chi connectivity index (χ0v) is 14.2. The molecular formula is C16H25ClN2O4. The molecule has 1 N–H and O–H groups in total. The molecule has 0 radical (unpaired) electrons. The number of amides is 1. The number of carbonyl (C=O) groups is 1. The summed E-state index contributed by atoms with van der Waals surface area (Å²) in [4.78, 5) is 15.4. The van der Waals surface area contributed by atoms with E-state index >= 15 is 0 Å². The average Bonchev–Trinajstić information content (AvgIpc) is 2.55. The van der Waals surface area contributed by atoms with E-state index in [1.54, 1.807) is 11.8 Å². The monoisotopic (exact) mass is 344 g/mol. The lowest BCUT2D eigenvalue weighted by molar-refractivity contribution is 0.0408. The summed E-state index contributed by atoms with van der Waals surface area (Å²) in [6.07, 6.45) is -0.801. The van der Waals surface area contributed by atoms with Gasteiger partial charge in [-0.15, -0.1) is 12.4 Å². The molecule has 6 nitrogen and oxygen atoms in total. The van der Waals surface area contributed by atoms with Gasteiger partial charge in [0, 0.05) is 32.7 Å². The van der Waals surface area contributed by atoms with Crippen molar-refractivity contribution in [3.8, 4) is 5.75 Å². The maximum absolute atomic E-state index is 11.6. The van der Waals surface area contributed by atoms with Crippen LogP contribution in [0.4, 0.5) is 4.79 Å². The van der Waals surface area contributed by atoms with E-state index in [0.29, 0.717) is 26.2 Å². The van der Waals surface area contributed by atoms with Crippen molar-refractivity contribution in [3.63, 3.8) is 0 Å². The van der Waals surface area contributed by atoms with Gasteiger partial charge in [0.1, 0.15) is 18.5 Å². The molecule has 0 bridgehead atoms. The summed E-state index contributed by atoms with van der Waals surface area (Å²) in [6.45, 7) is 5.75. The van der Waals surface area contributed by atoms with Crippen LogP contribution in [0.3, 0.4) is 0 Å². The number of hydrogen-bond acceptors (Lipinski definition) is 5. The molecule has 7 heteroatoms. The second-order valence-electron chi connectivity index (χ2n) is 5.26. The van der Waals surface area contributed by atoms with Gasteiger partial charge in [-0.25, -0.2) is 4.79 Å². The fourth-order valence-corrected chi connectivity index (χ4v) is 2.39. The Labute approximate surface area is 143 Å². The number of rotatable bonds is 6. The largest absolute Gasteiger partial charge is 0.491 e. The molecule has 0 aromatic heterocycles. The minimum Gasteiger partial charge on any atom is -0.491 e. The normalized spacial score (nSPS) is 16.3. The van der Waals surface area contributed by atoms with Crippen LogP contribution in [-0.4, -0.2) is 73.0 Å². The number of ether oxygens (including phenoxy) is 2. The third-order valence-corrected chi connectivity index (χ3v) is 3.55. The standard InChI is InChI=1S/C16H24N2O4.ClH/c1-2-21-16(20)18-10-8-17(9-11-18)12-14(19)13-22-15-6-4-3-5-7-15;/h3-7,14,19H,2,8-13H2,1H3;1H. The average molecular weight is 345 g/mol. The van der Waals surface area contributed by atoms with Crippen molar-refractivity contribution in [2.45, 2.75) is 13.0 Å². The van der Waals surface area contributed by atoms with Crippen LogP contribution in [0.2, 0.25) is 0 Å². The Hall–Kier alpha value is -1.50. The lowest BCUT2D eigenvalue weighted by Gasteiger charge is -2.34. The Kier molecular flexibility index (Phi) is 8.76. The summed E-state index contributed by atoms with van der Waals surface area (Å²) >= 11 is 0. The maximum atomic E-state index is 11.6. The molecule has 130 valence electrons. The first-order valence-electron chi connectivity index (χ1n) is 7.69. The van der Waals surface area contributed by atoms with Crippen molar-refractivity contribution < 1.29 is 19.4 Å². The minimum absolute atomic E-state index is 0. The third-order valence-electron chi connectivity index (χ3n) is 3.55. The molecule has 1 unspecified atom stereocenters. The Morgan fingerprint density at radius 2 is 1.87 bits per heavy atom. The fraction of sp³-hybridized carbons (Fsp3) is 0.562. The van der Waals surface area contributed by atoms with Crippen molar-refractivity contribution in [2.24, 2.45) is 0 Å². The van der Waals surface area contributed by atoms with Gasteiger partial charge >= 0.3 is 6.09 Å². The van der Waals surface area contributed by atoms with E-state index in [9.17, 15) is 9.90 Å². The third kappa shape index (κ3) is 6.64. The van der Waals surface area contributed by atoms with Gasteiger partial charge in [-0.3, -0.25) is 4.90 Å². The topological polar surface area (TPSA) is 62.2 Å². The van der Waals surface area contributed by atoms with Crippen molar-refractivity contribution in [1.82, 2.24) is 9.80 Å². The van der Waals surface area contributed by atoms with Crippen LogP contribution in [0.15, 0.2) is 30.3 Å². The molecular weight excluding hydrogens is 320 g/mol. The summed E-state index contributed by atoms with van der Waals surface area (Å²) < 4.78 is 10.5. The number of carbonyl (C=O) groups excluding carboxylic acids is 1. The maximum Gasteiger partial charge on any atom is 0.409 e. The number of piperazine rings is 1. The van der Waals surface area contributed by atoms with Crippen molar-refractivity contribution in [1.29, 1.82) is 0 Å². The fourth-order valence-electron chi connectivity index (χ4n) is 2.39. The van der Waals surface area contributed by atoms with E-state index in [1.165, 1.54) is 0 Å². The molecule has 23 heavy (non-hydrogen) atoms. The first kappa shape index (κ1) is 19.5. The number of para-hydroxylation sites is 1. The number of aliphatic hydroxyl groups excluding tert-OH is 1. The number of β-amino-alcohol motifs (C(OH)–C–C–N with tert-alkyl or cyclic N) is 1. The molecule has 1 aromatic carbocycles. The summed E-state index contributed by atoms with van der Waals surface area (Å²) in [5.74, 6) is 0.758. The number of hydrogen-bond donors (Lipinski definition) is 1. The lowest BCUT2D eigenvalue weighted by atomic mass is 10.2. The molecule has 1 aromatic rings. The number of nitrogens with zero attached hydrogens (tertiary/aromatic N) is 2. The van der Waals surface area contributed by atoms with Gasteiger partial charge < -0.3 is 19.5 Å². The Morgan fingerprint density at radius 1 is 1.22 bits per heavy atom. The van der Waals surface area contributed by atoms with Gasteiger partial charge in [-0.2, -0.15) is 0 Å². The first-order chi connectivity index (χ1) is 10.7. The summed E-state index contributed by atoms with van der Waals surface area (Å²) in [5.41, 5.74) is 0. The number of aliphatic hydroxyl groups is 1. The van der Waals surface area contributed by atoms with Crippen LogP contribution in [0.25, 0.3) is 0 Å². The summed E-state index contributed by atoms with van der Waals surface area (Å²) in [6, 6.07) is 9.45. The molecule has 0 spiro atoms. The van der Waals surface area contributed by atoms with E-state index in [1.807, 2.05) is 30.3 Å². The Bertz CT molecular complexity index is 453. The highest BCUT2D eigenvalue weighted by Gasteiger charge is 2.23. The molecule has 1 saturated heterocycles. The zero-order chi connectivity index (χ0) is 15.8. The molecule has 1 fully saturated rings. The first-order valence-corrected chi connectivity index (χ1v) is 7.69. The van der Waals surface area contributed by atoms with Gasteiger partial charge in [0.25, 0.3) is 0 Å². The van der Waals surface area contributed by atoms with E-state index in [2.05, 4.69) is 4.90 Å². The molecule has 1 aliphatic rings. The highest BCUT2D eigenvalue weighted by atomic mass is 35.5. The molecule has 1 heterocycles. The summed E-state index contributed by atoms with van der Waals surface area (Å²) in [7, 11) is 0. The predicted octanol–water partition coefficient (Wildman–Crippen LogP) is 1.62. The molecule has 1 atom stereocenters. The van der Waals surface area contributed by atoms with E-state index in [-0.39, 0.29) is 25.1 Å².